The van der Waals surface area contributed by atoms with Gasteiger partial charge in [0.1, 0.15) is 16.5 Å². The number of nitrogens with zero attached hydrogens (tertiary/aromatic N) is 4. The van der Waals surface area contributed by atoms with Crippen LogP contribution in [-0.4, -0.2) is 54.6 Å². The van der Waals surface area contributed by atoms with Crippen LogP contribution < -0.4 is 4.90 Å². The van der Waals surface area contributed by atoms with E-state index >= 15 is 0 Å². The average molecular weight is 395 g/mol. The number of hydrogen-bond acceptors (Lipinski definition) is 6. The van der Waals surface area contributed by atoms with Gasteiger partial charge in [-0.1, -0.05) is 6.92 Å². The molecule has 0 amide bonds. The maximum absolute atomic E-state index is 12.1. The number of fused-ring (bicyclic) bond motifs is 3. The van der Waals surface area contributed by atoms with E-state index in [1.807, 2.05) is 18.3 Å². The number of sulfonamides is 1. The zero-order valence-corrected chi connectivity index (χ0v) is 17.3. The summed E-state index contributed by atoms with van der Waals surface area (Å²) in [6.07, 6.45) is 3.45. The second-order valence-electron chi connectivity index (χ2n) is 7.41. The van der Waals surface area contributed by atoms with Crippen LogP contribution in [0.1, 0.15) is 36.5 Å². The SMILES string of the molecule is CCS(=O)(=O)N1CCN(c2nc(C)nc3sc4c(c23)CC[C@H](C)C4)CC1. The molecule has 0 unspecified atom stereocenters. The van der Waals surface area contributed by atoms with Crippen LogP contribution >= 0.6 is 11.3 Å². The van der Waals surface area contributed by atoms with Gasteiger partial charge in [0.25, 0.3) is 0 Å². The van der Waals surface area contributed by atoms with Gasteiger partial charge in [0.15, 0.2) is 0 Å². The van der Waals surface area contributed by atoms with Crippen LogP contribution in [0.15, 0.2) is 0 Å². The average Bonchev–Trinajstić information content (AvgIpc) is 2.98. The molecule has 0 N–H and O–H groups in total. The van der Waals surface area contributed by atoms with Gasteiger partial charge in [0.05, 0.1) is 11.1 Å². The first-order chi connectivity index (χ1) is 12.4. The molecule has 8 heteroatoms. The lowest BCUT2D eigenvalue weighted by Crippen LogP contribution is -2.49. The van der Waals surface area contributed by atoms with E-state index in [4.69, 9.17) is 9.97 Å². The van der Waals surface area contributed by atoms with Crippen LogP contribution in [0.3, 0.4) is 0 Å². The molecule has 26 heavy (non-hydrogen) atoms. The topological polar surface area (TPSA) is 66.4 Å². The number of hydrogen-bond donors (Lipinski definition) is 0. The smallest absolute Gasteiger partial charge is 0.213 e. The molecule has 2 aliphatic rings. The van der Waals surface area contributed by atoms with E-state index in [9.17, 15) is 8.42 Å². The predicted octanol–water partition coefficient (Wildman–Crippen LogP) is 2.60. The standard InChI is InChI=1S/C18H26N4O2S2/c1-4-26(23,24)22-9-7-21(8-10-22)17-16-14-6-5-12(2)11-15(14)25-18(16)20-13(3)19-17/h12H,4-11H2,1-3H3/t12-/m0/s1. The number of thiophene rings is 1. The summed E-state index contributed by atoms with van der Waals surface area (Å²) in [5.41, 5.74) is 1.43. The first-order valence-electron chi connectivity index (χ1n) is 9.40. The van der Waals surface area contributed by atoms with Gasteiger partial charge in [-0.05, 0) is 44.6 Å². The van der Waals surface area contributed by atoms with E-state index in [1.165, 1.54) is 22.2 Å². The predicted molar refractivity (Wildman–Crippen MR) is 107 cm³/mol. The van der Waals surface area contributed by atoms with Crippen molar-refractivity contribution in [3.8, 4) is 0 Å². The van der Waals surface area contributed by atoms with Crippen molar-refractivity contribution in [1.29, 1.82) is 0 Å². The Morgan fingerprint density at radius 3 is 2.62 bits per heavy atom. The highest BCUT2D eigenvalue weighted by Crippen LogP contribution is 2.41. The van der Waals surface area contributed by atoms with Crippen molar-refractivity contribution >= 4 is 37.4 Å². The Morgan fingerprint density at radius 2 is 1.92 bits per heavy atom. The maximum Gasteiger partial charge on any atom is 0.213 e. The lowest BCUT2D eigenvalue weighted by atomic mass is 9.89. The van der Waals surface area contributed by atoms with Gasteiger partial charge >= 0.3 is 0 Å². The fourth-order valence-electron chi connectivity index (χ4n) is 4.02. The number of piperazine rings is 1. The Bertz CT molecular complexity index is 930. The first-order valence-corrected chi connectivity index (χ1v) is 11.8. The highest BCUT2D eigenvalue weighted by molar-refractivity contribution is 7.89. The van der Waals surface area contributed by atoms with Crippen LogP contribution in [0, 0.1) is 12.8 Å². The molecule has 2 aromatic heterocycles. The van der Waals surface area contributed by atoms with Gasteiger partial charge in [-0.25, -0.2) is 18.4 Å². The van der Waals surface area contributed by atoms with Crippen LogP contribution in [0.25, 0.3) is 10.2 Å². The Kier molecular flexibility index (Phi) is 4.69. The molecule has 1 atom stereocenters. The summed E-state index contributed by atoms with van der Waals surface area (Å²) in [5.74, 6) is 2.70. The molecule has 1 fully saturated rings. The molecule has 0 radical (unpaired) electrons. The summed E-state index contributed by atoms with van der Waals surface area (Å²) in [6.45, 7) is 8.41. The maximum atomic E-state index is 12.1. The second-order valence-corrected chi connectivity index (χ2v) is 10.8. The van der Waals surface area contributed by atoms with Gasteiger partial charge < -0.3 is 4.90 Å². The molecule has 1 saturated heterocycles. The zero-order chi connectivity index (χ0) is 18.5. The van der Waals surface area contributed by atoms with Crippen LogP contribution in [0.2, 0.25) is 0 Å². The van der Waals surface area contributed by atoms with E-state index in [1.54, 1.807) is 11.2 Å². The van der Waals surface area contributed by atoms with Crippen LogP contribution in [0.4, 0.5) is 5.82 Å². The molecule has 0 aromatic carbocycles. The monoisotopic (exact) mass is 394 g/mol. The summed E-state index contributed by atoms with van der Waals surface area (Å²) < 4.78 is 25.9. The lowest BCUT2D eigenvalue weighted by Gasteiger charge is -2.35. The third-order valence-electron chi connectivity index (χ3n) is 5.54. The van der Waals surface area contributed by atoms with Gasteiger partial charge in [0, 0.05) is 31.1 Å². The molecular formula is C18H26N4O2S2. The molecular weight excluding hydrogens is 368 g/mol. The molecule has 0 saturated carbocycles. The van der Waals surface area contributed by atoms with E-state index < -0.39 is 10.0 Å². The third kappa shape index (κ3) is 3.12. The van der Waals surface area contributed by atoms with Crippen molar-refractivity contribution in [2.45, 2.75) is 40.0 Å². The quantitative estimate of drug-likeness (QED) is 0.801. The summed E-state index contributed by atoms with van der Waals surface area (Å²) in [4.78, 5) is 14.3. The van der Waals surface area contributed by atoms with Gasteiger partial charge in [-0.2, -0.15) is 4.31 Å². The summed E-state index contributed by atoms with van der Waals surface area (Å²) in [5, 5.41) is 1.22. The molecule has 2 aromatic rings. The minimum atomic E-state index is -3.11. The lowest BCUT2D eigenvalue weighted by molar-refractivity contribution is 0.384. The number of aromatic nitrogens is 2. The molecule has 4 rings (SSSR count). The normalized spacial score (nSPS) is 22.0. The summed E-state index contributed by atoms with van der Waals surface area (Å²) in [7, 11) is -3.11. The zero-order valence-electron chi connectivity index (χ0n) is 15.7. The van der Waals surface area contributed by atoms with Gasteiger partial charge in [-0.15, -0.1) is 11.3 Å². The second kappa shape index (κ2) is 6.73. The largest absolute Gasteiger partial charge is 0.353 e. The highest BCUT2D eigenvalue weighted by Gasteiger charge is 2.29. The third-order valence-corrected chi connectivity index (χ3v) is 8.57. The summed E-state index contributed by atoms with van der Waals surface area (Å²) in [6, 6.07) is 0. The Hall–Kier alpha value is -1.25. The highest BCUT2D eigenvalue weighted by atomic mass is 32.2. The van der Waals surface area contributed by atoms with Gasteiger partial charge in [0.2, 0.25) is 10.0 Å². The van der Waals surface area contributed by atoms with Crippen LogP contribution in [0.5, 0.6) is 0 Å². The molecule has 6 nitrogen and oxygen atoms in total. The van der Waals surface area contributed by atoms with Crippen molar-refractivity contribution < 1.29 is 8.42 Å². The van der Waals surface area contributed by atoms with Gasteiger partial charge in [-0.3, -0.25) is 0 Å². The molecule has 1 aliphatic carbocycles. The number of rotatable bonds is 3. The van der Waals surface area contributed by atoms with E-state index in [2.05, 4.69) is 11.8 Å². The van der Waals surface area contributed by atoms with Crippen LogP contribution in [-0.2, 0) is 22.9 Å². The molecule has 0 spiro atoms. The molecule has 1 aliphatic heterocycles. The number of aryl methyl sites for hydroxylation is 2. The van der Waals surface area contributed by atoms with E-state index in [-0.39, 0.29) is 5.75 Å². The van der Waals surface area contributed by atoms with Crippen molar-refractivity contribution in [2.24, 2.45) is 5.92 Å². The minimum Gasteiger partial charge on any atom is -0.353 e. The van der Waals surface area contributed by atoms with Crippen molar-refractivity contribution in [2.75, 3.05) is 36.8 Å². The Balaban J connectivity index is 1.69. The van der Waals surface area contributed by atoms with E-state index in [0.29, 0.717) is 26.2 Å². The van der Waals surface area contributed by atoms with Crippen molar-refractivity contribution in [3.63, 3.8) is 0 Å². The Labute approximate surface area is 159 Å². The Morgan fingerprint density at radius 1 is 1.19 bits per heavy atom. The fourth-order valence-corrected chi connectivity index (χ4v) is 6.52. The number of anilines is 1. The van der Waals surface area contributed by atoms with E-state index in [0.717, 1.165) is 35.2 Å². The summed E-state index contributed by atoms with van der Waals surface area (Å²) >= 11 is 1.82. The molecule has 0 bridgehead atoms. The van der Waals surface area contributed by atoms with Crippen molar-refractivity contribution in [3.05, 3.63) is 16.3 Å². The molecule has 142 valence electrons. The fraction of sp³-hybridized carbons (Fsp3) is 0.667. The molecule has 3 heterocycles. The minimum absolute atomic E-state index is 0.167. The van der Waals surface area contributed by atoms with Crippen molar-refractivity contribution in [1.82, 2.24) is 14.3 Å². The first kappa shape index (κ1) is 18.1.